The number of methoxy groups -OCH3 is 1. The normalized spacial score (nSPS) is 13.3. The molecule has 0 bridgehead atoms. The fourth-order valence-electron chi connectivity index (χ4n) is 1.40. The van der Waals surface area contributed by atoms with Gasteiger partial charge in [-0.1, -0.05) is 6.92 Å². The Balaban J connectivity index is 3.84. The van der Waals surface area contributed by atoms with E-state index in [4.69, 9.17) is 19.3 Å². The molecule has 2 atom stereocenters. The molecule has 0 fully saturated rings. The van der Waals surface area contributed by atoms with Crippen LogP contribution in [0, 0.1) is 0 Å². The maximum atomic E-state index is 11.4. The number of carbonyl (C=O) groups excluding carboxylic acids is 2. The smallest absolute Gasteiger partial charge is 0.407 e. The average Bonchev–Trinajstić information content (AvgIpc) is 2.53. The van der Waals surface area contributed by atoms with Gasteiger partial charge in [-0.15, -0.1) is 0 Å². The van der Waals surface area contributed by atoms with E-state index in [1.54, 1.807) is 0 Å². The Labute approximate surface area is 136 Å². The molecule has 8 nitrogen and oxygen atoms in total. The molecular formula is C13H26N2O6S. The molecular weight excluding hydrogens is 312 g/mol. The number of rotatable bonds is 12. The lowest BCUT2D eigenvalue weighted by molar-refractivity contribution is -0.181. The van der Waals surface area contributed by atoms with E-state index >= 15 is 0 Å². The first-order chi connectivity index (χ1) is 10.6. The molecule has 0 aromatic carbocycles. The Morgan fingerprint density at radius 2 is 2.00 bits per heavy atom. The zero-order valence-electron chi connectivity index (χ0n) is 13.0. The van der Waals surface area contributed by atoms with Crippen LogP contribution in [-0.2, 0) is 19.0 Å². The molecule has 0 saturated heterocycles. The van der Waals surface area contributed by atoms with Crippen molar-refractivity contribution in [2.45, 2.75) is 32.2 Å². The van der Waals surface area contributed by atoms with E-state index in [0.29, 0.717) is 18.7 Å². The molecule has 0 aliphatic carbocycles. The molecule has 2 amide bonds. The van der Waals surface area contributed by atoms with Crippen LogP contribution < -0.4 is 10.6 Å². The Hall–Kier alpha value is -1.03. The zero-order valence-corrected chi connectivity index (χ0v) is 13.9. The lowest BCUT2D eigenvalue weighted by atomic mass is 10.3. The standard InChI is InChI=1S/C13H26N2O6S/c1-3-10(8-16)21-12(19-2)9-20-13(18)15-5-4-11(17)14-6-7-22/h10,12,16,22H,3-9H2,1-2H3,(H,14,17)(H,15,18). The minimum absolute atomic E-state index is 0.106. The average molecular weight is 338 g/mol. The van der Waals surface area contributed by atoms with Crippen molar-refractivity contribution in [2.75, 3.05) is 39.2 Å². The van der Waals surface area contributed by atoms with Crippen LogP contribution in [0.2, 0.25) is 0 Å². The molecule has 0 aliphatic rings. The predicted octanol–water partition coefficient (Wildman–Crippen LogP) is -0.0913. The molecule has 0 aliphatic heterocycles. The van der Waals surface area contributed by atoms with Gasteiger partial charge in [0.1, 0.15) is 6.61 Å². The number of alkyl carbamates (subject to hydrolysis) is 1. The first-order valence-electron chi connectivity index (χ1n) is 7.14. The number of amides is 2. The van der Waals surface area contributed by atoms with Crippen LogP contribution in [0.25, 0.3) is 0 Å². The molecule has 22 heavy (non-hydrogen) atoms. The van der Waals surface area contributed by atoms with Crippen molar-refractivity contribution in [1.82, 2.24) is 10.6 Å². The number of ether oxygens (including phenoxy) is 3. The lowest BCUT2D eigenvalue weighted by Crippen LogP contribution is -2.35. The summed E-state index contributed by atoms with van der Waals surface area (Å²) in [6.45, 7) is 2.28. The largest absolute Gasteiger partial charge is 0.444 e. The van der Waals surface area contributed by atoms with Gasteiger partial charge in [-0.2, -0.15) is 12.6 Å². The van der Waals surface area contributed by atoms with Gasteiger partial charge in [-0.3, -0.25) is 4.79 Å². The third kappa shape index (κ3) is 10.7. The topological polar surface area (TPSA) is 106 Å². The van der Waals surface area contributed by atoms with Gasteiger partial charge in [0.25, 0.3) is 0 Å². The molecule has 0 aromatic rings. The van der Waals surface area contributed by atoms with Crippen molar-refractivity contribution in [3.63, 3.8) is 0 Å². The predicted molar refractivity (Wildman–Crippen MR) is 83.9 cm³/mol. The summed E-state index contributed by atoms with van der Waals surface area (Å²) in [7, 11) is 1.42. The first-order valence-corrected chi connectivity index (χ1v) is 7.77. The van der Waals surface area contributed by atoms with Gasteiger partial charge in [-0.05, 0) is 6.42 Å². The van der Waals surface area contributed by atoms with E-state index in [1.165, 1.54) is 7.11 Å². The number of aliphatic hydroxyl groups is 1. The summed E-state index contributed by atoms with van der Waals surface area (Å²) >= 11 is 3.97. The summed E-state index contributed by atoms with van der Waals surface area (Å²) in [5.74, 6) is 0.396. The summed E-state index contributed by atoms with van der Waals surface area (Å²) in [5, 5.41) is 14.1. The Morgan fingerprint density at radius 3 is 2.55 bits per heavy atom. The molecule has 3 N–H and O–H groups in total. The minimum Gasteiger partial charge on any atom is -0.444 e. The molecule has 9 heteroatoms. The van der Waals surface area contributed by atoms with Gasteiger partial charge in [0.05, 0.1) is 12.7 Å². The highest BCUT2D eigenvalue weighted by molar-refractivity contribution is 7.80. The van der Waals surface area contributed by atoms with E-state index in [9.17, 15) is 9.59 Å². The summed E-state index contributed by atoms with van der Waals surface area (Å²) in [5.41, 5.74) is 0. The maximum absolute atomic E-state index is 11.4. The van der Waals surface area contributed by atoms with Crippen molar-refractivity contribution in [3.8, 4) is 0 Å². The lowest BCUT2D eigenvalue weighted by Gasteiger charge is -2.21. The van der Waals surface area contributed by atoms with Crippen LogP contribution in [-0.4, -0.2) is 68.7 Å². The third-order valence-electron chi connectivity index (χ3n) is 2.67. The second kappa shape index (κ2) is 13.6. The molecule has 0 rings (SSSR count). The van der Waals surface area contributed by atoms with Gasteiger partial charge < -0.3 is 30.0 Å². The maximum Gasteiger partial charge on any atom is 0.407 e. The fraction of sp³-hybridized carbons (Fsp3) is 0.846. The number of thiol groups is 1. The van der Waals surface area contributed by atoms with Crippen LogP contribution in [0.3, 0.4) is 0 Å². The third-order valence-corrected chi connectivity index (χ3v) is 2.90. The van der Waals surface area contributed by atoms with Gasteiger partial charge in [0.15, 0.2) is 6.29 Å². The molecule has 130 valence electrons. The second-order valence-electron chi connectivity index (χ2n) is 4.36. The van der Waals surface area contributed by atoms with E-state index in [1.807, 2.05) is 6.92 Å². The van der Waals surface area contributed by atoms with Crippen molar-refractivity contribution in [2.24, 2.45) is 0 Å². The molecule has 0 spiro atoms. The molecule has 2 unspecified atom stereocenters. The monoisotopic (exact) mass is 338 g/mol. The molecule has 0 heterocycles. The highest BCUT2D eigenvalue weighted by Crippen LogP contribution is 2.04. The van der Waals surface area contributed by atoms with Gasteiger partial charge in [0.2, 0.25) is 5.91 Å². The number of aliphatic hydroxyl groups excluding tert-OH is 1. The highest BCUT2D eigenvalue weighted by Gasteiger charge is 2.16. The van der Waals surface area contributed by atoms with E-state index in [2.05, 4.69) is 23.3 Å². The molecule has 0 saturated carbocycles. The Kier molecular flexibility index (Phi) is 13.0. The summed E-state index contributed by atoms with van der Waals surface area (Å²) in [4.78, 5) is 22.7. The number of carbonyl (C=O) groups is 2. The van der Waals surface area contributed by atoms with Crippen molar-refractivity contribution >= 4 is 24.6 Å². The highest BCUT2D eigenvalue weighted by atomic mass is 32.1. The molecule has 0 radical (unpaired) electrons. The van der Waals surface area contributed by atoms with Crippen LogP contribution in [0.1, 0.15) is 19.8 Å². The second-order valence-corrected chi connectivity index (χ2v) is 4.81. The number of nitrogens with one attached hydrogen (secondary N) is 2. The zero-order chi connectivity index (χ0) is 16.8. The van der Waals surface area contributed by atoms with Crippen molar-refractivity contribution in [1.29, 1.82) is 0 Å². The number of hydrogen-bond donors (Lipinski definition) is 4. The Morgan fingerprint density at radius 1 is 1.27 bits per heavy atom. The van der Waals surface area contributed by atoms with Crippen molar-refractivity contribution < 1.29 is 28.9 Å². The minimum atomic E-state index is -0.749. The van der Waals surface area contributed by atoms with E-state index in [-0.39, 0.29) is 38.2 Å². The summed E-state index contributed by atoms with van der Waals surface area (Å²) in [6, 6.07) is 0. The van der Waals surface area contributed by atoms with Crippen LogP contribution >= 0.6 is 12.6 Å². The van der Waals surface area contributed by atoms with Gasteiger partial charge in [-0.25, -0.2) is 4.79 Å². The van der Waals surface area contributed by atoms with Gasteiger partial charge >= 0.3 is 6.09 Å². The van der Waals surface area contributed by atoms with Crippen LogP contribution in [0.5, 0.6) is 0 Å². The summed E-state index contributed by atoms with van der Waals surface area (Å²) < 4.78 is 15.3. The van der Waals surface area contributed by atoms with Crippen LogP contribution in [0.4, 0.5) is 4.79 Å². The van der Waals surface area contributed by atoms with E-state index < -0.39 is 12.4 Å². The Bertz CT molecular complexity index is 315. The quantitative estimate of drug-likeness (QED) is 0.293. The van der Waals surface area contributed by atoms with Gasteiger partial charge in [0, 0.05) is 32.4 Å². The summed E-state index contributed by atoms with van der Waals surface area (Å²) in [6.07, 6.45) is -1.00. The fourth-order valence-corrected chi connectivity index (χ4v) is 1.51. The first kappa shape index (κ1) is 21.0. The van der Waals surface area contributed by atoms with E-state index in [0.717, 1.165) is 0 Å². The number of hydrogen-bond acceptors (Lipinski definition) is 7. The molecule has 0 aromatic heterocycles. The van der Waals surface area contributed by atoms with Crippen molar-refractivity contribution in [3.05, 3.63) is 0 Å². The van der Waals surface area contributed by atoms with Crippen LogP contribution in [0.15, 0.2) is 0 Å². The SMILES string of the molecule is CCC(CO)OC(COC(=O)NCCC(=O)NCCS)OC.